The van der Waals surface area contributed by atoms with Gasteiger partial charge >= 0.3 is 18.3 Å². The van der Waals surface area contributed by atoms with E-state index < -0.39 is 31.2 Å². The van der Waals surface area contributed by atoms with Gasteiger partial charge in [0.05, 0.1) is 23.6 Å². The number of carbonyl (C=O) groups is 2. The van der Waals surface area contributed by atoms with E-state index >= 15 is 0 Å². The Bertz CT molecular complexity index is 4180. The zero-order valence-corrected chi connectivity index (χ0v) is 54.4. The zero-order valence-electron chi connectivity index (χ0n) is 52.8. The Morgan fingerprint density at radius 3 is 1.41 bits per heavy atom. The Morgan fingerprint density at radius 2 is 1.04 bits per heavy atom. The normalized spacial score (nSPS) is 22.9. The van der Waals surface area contributed by atoms with Crippen molar-refractivity contribution in [3.05, 3.63) is 105 Å². The molecule has 492 valence electrons. The van der Waals surface area contributed by atoms with Crippen LogP contribution >= 0.6 is 22.7 Å². The number of amides is 1. The number of benzene rings is 2. The Kier molecular flexibility index (Phi) is 18.1. The highest BCUT2D eigenvalue weighted by atomic mass is 32.1. The number of thiophene rings is 2. The summed E-state index contributed by atoms with van der Waals surface area (Å²) in [6.07, 6.45) is 5.37. The van der Waals surface area contributed by atoms with Crippen LogP contribution in [0.15, 0.2) is 61.2 Å². The van der Waals surface area contributed by atoms with Gasteiger partial charge in [0.1, 0.15) is 57.5 Å². The molecule has 0 unspecified atom stereocenters. The molecule has 17 nitrogen and oxygen atoms in total. The Hall–Kier alpha value is -7.42. The van der Waals surface area contributed by atoms with Crippen LogP contribution in [0.3, 0.4) is 0 Å². The SMILES string of the molecule is CCC(=O)NC12CC(CCn3c(C#N)cc4c(C)c(CN5CCC(Nc6ncnc7sc(CC(F)(F)F)cc67)CC5)ccc43)(C1)C2.CCC(=O)O.Cc1c(CN2CCC(Nc3ncnc4sc(CC(F)(F)F)cc34)CC2)ccc2c1cc(C#N)n2CCC12CC(N)(C1)C2. The number of carbonyl (C=O) groups excluding carboxylic acids is 1. The number of nitrogens with zero attached hydrogens (tertiary/aromatic N) is 10. The second kappa shape index (κ2) is 25.7. The van der Waals surface area contributed by atoms with E-state index in [4.69, 9.17) is 10.8 Å². The molecule has 2 saturated heterocycles. The summed E-state index contributed by atoms with van der Waals surface area (Å²) in [4.78, 5) is 44.8. The van der Waals surface area contributed by atoms with E-state index in [1.165, 1.54) is 34.9 Å². The fourth-order valence-electron chi connectivity index (χ4n) is 15.8. The molecule has 8 heterocycles. The van der Waals surface area contributed by atoms with Gasteiger partial charge in [0.15, 0.2) is 0 Å². The summed E-state index contributed by atoms with van der Waals surface area (Å²) in [6.45, 7) is 14.7. The number of aromatic nitrogens is 6. The summed E-state index contributed by atoms with van der Waals surface area (Å²) in [6, 6.07) is 21.1. The van der Waals surface area contributed by atoms with Crippen molar-refractivity contribution in [3.8, 4) is 12.1 Å². The van der Waals surface area contributed by atoms with Crippen LogP contribution in [0.4, 0.5) is 38.0 Å². The summed E-state index contributed by atoms with van der Waals surface area (Å²) in [7, 11) is 0. The summed E-state index contributed by atoms with van der Waals surface area (Å²) < 4.78 is 81.9. The second-order valence-corrected chi connectivity index (χ2v) is 29.5. The van der Waals surface area contributed by atoms with Crippen LogP contribution in [-0.2, 0) is 48.6 Å². The number of likely N-dealkylation sites (tertiary alicyclic amines) is 2. The first-order chi connectivity index (χ1) is 44.3. The molecule has 2 aliphatic heterocycles. The monoisotopic (exact) mass is 1320 g/mol. The maximum Gasteiger partial charge on any atom is 0.393 e. The molecule has 93 heavy (non-hydrogen) atoms. The molecule has 25 heteroatoms. The number of nitriles is 2. The molecule has 16 rings (SSSR count). The van der Waals surface area contributed by atoms with E-state index in [0.717, 1.165) is 180 Å². The molecule has 0 atom stereocenters. The predicted molar refractivity (Wildman–Crippen MR) is 349 cm³/mol. The third-order valence-corrected chi connectivity index (χ3v) is 22.5. The standard InChI is InChI=1S/C34H38F3N7OS.C31H34F3N7S.C3H6O2/c1-3-29(45)42-33-17-32(18-33,19-33)8-11-44-24(15-38)12-26-21(2)22(4-5-28(26)44)16-43-9-6-23(7-10-43)41-30-27-13-25(14-34(35,36)37)46-31(27)40-20-39-30;1-19-20(2-3-26-24(19)10-22(13-35)41(26)9-6-29-15-30(36,16-29)17-29)14-40-7-4-21(5-8-40)39-27-25-11-23(12-31(32,33)34)42-28(25)38-18-37-27;1-2-3(4)5/h4-5,12-13,20,23H,3,6-11,14,16-19H2,1-2H3,(H,42,45)(H,39,40,41);2-3,10-11,18,21H,4-9,12,14-17,36H2,1H3,(H,37,38,39);2H2,1H3,(H,4,5). The van der Waals surface area contributed by atoms with E-state index in [1.807, 2.05) is 19.1 Å². The number of aliphatic carboxylic acids is 1. The van der Waals surface area contributed by atoms with Gasteiger partial charge in [-0.3, -0.25) is 19.4 Å². The molecule has 1 amide bonds. The number of carboxylic acids is 1. The van der Waals surface area contributed by atoms with Gasteiger partial charge in [0.2, 0.25) is 5.91 Å². The average Bonchev–Trinajstić information content (AvgIpc) is 1.32. The van der Waals surface area contributed by atoms with Gasteiger partial charge in [-0.15, -0.1) is 22.7 Å². The van der Waals surface area contributed by atoms with Crippen LogP contribution in [0.25, 0.3) is 42.2 Å². The number of alkyl halides is 6. The lowest BCUT2D eigenvalue weighted by molar-refractivity contribution is -0.169. The molecule has 0 spiro atoms. The predicted octanol–water partition coefficient (Wildman–Crippen LogP) is 13.6. The number of nitrogens with one attached hydrogen (secondary N) is 3. The number of nitrogens with two attached hydrogens (primary N) is 1. The lowest BCUT2D eigenvalue weighted by Gasteiger charge is -2.71. The fourth-order valence-corrected chi connectivity index (χ4v) is 17.9. The highest BCUT2D eigenvalue weighted by Gasteiger charge is 2.68. The quantitative estimate of drug-likeness (QED) is 0.0474. The summed E-state index contributed by atoms with van der Waals surface area (Å²) in [5, 5.41) is 41.3. The van der Waals surface area contributed by atoms with Crippen molar-refractivity contribution >= 4 is 88.4 Å². The summed E-state index contributed by atoms with van der Waals surface area (Å²) in [5.41, 5.74) is 15.7. The van der Waals surface area contributed by atoms with Crippen LogP contribution < -0.4 is 21.7 Å². The van der Waals surface area contributed by atoms with Crippen LogP contribution in [-0.4, -0.2) is 118 Å². The van der Waals surface area contributed by atoms with Crippen LogP contribution in [0.5, 0.6) is 0 Å². The minimum Gasteiger partial charge on any atom is -0.481 e. The molecule has 8 aromatic rings. The summed E-state index contributed by atoms with van der Waals surface area (Å²) in [5.74, 6) is 0.600. The molecular weight excluding hydrogens is 1240 g/mol. The van der Waals surface area contributed by atoms with Gasteiger partial charge in [0, 0.05) is 120 Å². The van der Waals surface area contributed by atoms with Crippen molar-refractivity contribution in [2.45, 2.75) is 192 Å². The number of anilines is 2. The lowest BCUT2D eigenvalue weighted by atomic mass is 9.38. The molecule has 8 aliphatic rings. The molecule has 4 bridgehead atoms. The zero-order chi connectivity index (χ0) is 65.8. The van der Waals surface area contributed by atoms with Crippen LogP contribution in [0.1, 0.15) is 147 Å². The molecule has 6 aliphatic carbocycles. The van der Waals surface area contributed by atoms with Gasteiger partial charge in [-0.05, 0) is 160 Å². The van der Waals surface area contributed by atoms with Crippen LogP contribution in [0.2, 0.25) is 0 Å². The topological polar surface area (TPSA) is 232 Å². The number of fused-ring (bicyclic) bond motifs is 4. The average molecular weight is 1320 g/mol. The van der Waals surface area contributed by atoms with Crippen molar-refractivity contribution in [2.75, 3.05) is 36.8 Å². The van der Waals surface area contributed by atoms with Gasteiger partial charge in [0.25, 0.3) is 0 Å². The molecule has 2 aromatic carbocycles. The molecule has 6 N–H and O–H groups in total. The van der Waals surface area contributed by atoms with Crippen LogP contribution in [0, 0.1) is 47.3 Å². The Morgan fingerprint density at radius 1 is 0.634 bits per heavy atom. The van der Waals surface area contributed by atoms with E-state index in [-0.39, 0.29) is 45.2 Å². The first kappa shape index (κ1) is 65.6. The second-order valence-electron chi connectivity index (χ2n) is 27.3. The van der Waals surface area contributed by atoms with Crippen molar-refractivity contribution < 1.29 is 41.0 Å². The van der Waals surface area contributed by atoms with Crippen molar-refractivity contribution in [3.63, 3.8) is 0 Å². The van der Waals surface area contributed by atoms with E-state index in [0.29, 0.717) is 55.0 Å². The number of carboxylic acid groups (broad SMARTS) is 1. The number of aryl methyl sites for hydroxylation is 4. The molecule has 8 fully saturated rings. The largest absolute Gasteiger partial charge is 0.481 e. The number of piperidine rings is 2. The van der Waals surface area contributed by atoms with Crippen molar-refractivity contribution in [1.82, 2.24) is 44.2 Å². The Balaban J connectivity index is 0.000000167. The van der Waals surface area contributed by atoms with E-state index in [1.54, 1.807) is 19.1 Å². The van der Waals surface area contributed by atoms with E-state index in [9.17, 15) is 46.5 Å². The maximum absolute atomic E-state index is 12.9. The number of rotatable bonds is 19. The minimum absolute atomic E-state index is 0.0239. The van der Waals surface area contributed by atoms with Crippen molar-refractivity contribution in [2.24, 2.45) is 16.6 Å². The van der Waals surface area contributed by atoms with Crippen molar-refractivity contribution in [1.29, 1.82) is 10.5 Å². The Labute approximate surface area is 543 Å². The summed E-state index contributed by atoms with van der Waals surface area (Å²) >= 11 is 2.14. The van der Waals surface area contributed by atoms with Gasteiger partial charge in [-0.25, -0.2) is 19.9 Å². The highest BCUT2D eigenvalue weighted by Crippen LogP contribution is 2.69. The molecule has 6 aromatic heterocycles. The third kappa shape index (κ3) is 14.2. The lowest BCUT2D eigenvalue weighted by Crippen LogP contribution is -2.74. The first-order valence-corrected chi connectivity index (χ1v) is 33.8. The first-order valence-electron chi connectivity index (χ1n) is 32.2. The molecule has 0 radical (unpaired) electrons. The van der Waals surface area contributed by atoms with Gasteiger partial charge in [-0.1, -0.05) is 26.0 Å². The highest BCUT2D eigenvalue weighted by molar-refractivity contribution is 7.19. The molecule has 6 saturated carbocycles. The van der Waals surface area contributed by atoms with Gasteiger partial charge in [-0.2, -0.15) is 36.9 Å². The number of hydrogen-bond acceptors (Lipinski definition) is 15. The third-order valence-electron chi connectivity index (χ3n) is 20.4. The fraction of sp³-hybridized carbons (Fsp3) is 0.529. The van der Waals surface area contributed by atoms with Gasteiger partial charge < -0.3 is 35.9 Å². The maximum atomic E-state index is 12.9. The minimum atomic E-state index is -4.25. The number of halogens is 6. The number of hydrogen-bond donors (Lipinski definition) is 5. The smallest absolute Gasteiger partial charge is 0.393 e. The van der Waals surface area contributed by atoms with E-state index in [2.05, 4.69) is 105 Å². The molecular formula is C68H78F6N14O3S2.